The molecule has 178 valence electrons. The Kier molecular flexibility index (Phi) is 7.62. The third-order valence-corrected chi connectivity index (χ3v) is 6.74. The molecule has 1 atom stereocenters. The Hall–Kier alpha value is -3.50. The molecule has 0 saturated carbocycles. The number of nitro groups is 1. The lowest BCUT2D eigenvalue weighted by molar-refractivity contribution is -0.384. The Bertz CT molecular complexity index is 1370. The molecule has 4 aromatic rings. The molecule has 0 aliphatic carbocycles. The van der Waals surface area contributed by atoms with Gasteiger partial charge in [0.1, 0.15) is 0 Å². The van der Waals surface area contributed by atoms with Crippen molar-refractivity contribution in [2.24, 2.45) is 0 Å². The van der Waals surface area contributed by atoms with Crippen LogP contribution < -0.4 is 5.32 Å². The van der Waals surface area contributed by atoms with Crippen LogP contribution in [0.3, 0.4) is 0 Å². The first kappa shape index (κ1) is 24.6. The summed E-state index contributed by atoms with van der Waals surface area (Å²) >= 11 is 4.89. The molecule has 3 aromatic carbocycles. The number of carbonyl (C=O) groups is 1. The van der Waals surface area contributed by atoms with Crippen molar-refractivity contribution in [2.45, 2.75) is 30.8 Å². The van der Waals surface area contributed by atoms with E-state index < -0.39 is 11.0 Å². The second kappa shape index (κ2) is 10.8. The number of nitrogens with zero attached hydrogens (tertiary/aromatic N) is 4. The highest BCUT2D eigenvalue weighted by Crippen LogP contribution is 2.29. The first-order valence-electron chi connectivity index (χ1n) is 10.8. The average Bonchev–Trinajstić information content (AvgIpc) is 3.27. The minimum absolute atomic E-state index is 0.00616. The number of hydrogen-bond acceptors (Lipinski definition) is 6. The first-order chi connectivity index (χ1) is 16.8. The van der Waals surface area contributed by atoms with E-state index in [2.05, 4.69) is 37.5 Å². The molecule has 35 heavy (non-hydrogen) atoms. The third kappa shape index (κ3) is 5.95. The number of thioether (sulfide) groups is 1. The summed E-state index contributed by atoms with van der Waals surface area (Å²) in [4.78, 5) is 23.5. The van der Waals surface area contributed by atoms with Gasteiger partial charge in [-0.25, -0.2) is 0 Å². The van der Waals surface area contributed by atoms with E-state index in [9.17, 15) is 14.9 Å². The number of halogens is 1. The lowest BCUT2D eigenvalue weighted by Crippen LogP contribution is -2.28. The van der Waals surface area contributed by atoms with Gasteiger partial charge in [0.05, 0.1) is 11.0 Å². The zero-order valence-corrected chi connectivity index (χ0v) is 21.4. The van der Waals surface area contributed by atoms with Crippen LogP contribution in [-0.2, 0) is 5.75 Å². The number of amides is 1. The molecule has 1 aromatic heterocycles. The van der Waals surface area contributed by atoms with Gasteiger partial charge in [-0.15, -0.1) is 10.2 Å². The number of benzene rings is 3. The summed E-state index contributed by atoms with van der Waals surface area (Å²) in [6, 6.07) is 21.1. The van der Waals surface area contributed by atoms with E-state index in [1.165, 1.54) is 29.5 Å². The van der Waals surface area contributed by atoms with Crippen LogP contribution in [0.4, 0.5) is 5.69 Å². The molecule has 10 heteroatoms. The van der Waals surface area contributed by atoms with Crippen molar-refractivity contribution in [1.29, 1.82) is 0 Å². The normalized spacial score (nSPS) is 11.7. The highest BCUT2D eigenvalue weighted by Gasteiger charge is 2.22. The van der Waals surface area contributed by atoms with Crippen molar-refractivity contribution in [1.82, 2.24) is 20.1 Å². The SMILES string of the molecule is Cc1cccc(CSc2nnc(C(C)NC(=O)c3cccc(Br)c3)n2-c2ccc([N+](=O)[O-])cc2)c1. The van der Waals surface area contributed by atoms with Crippen LogP contribution in [0.25, 0.3) is 5.69 Å². The monoisotopic (exact) mass is 551 g/mol. The van der Waals surface area contributed by atoms with Gasteiger partial charge < -0.3 is 5.32 Å². The molecule has 1 N–H and O–H groups in total. The summed E-state index contributed by atoms with van der Waals surface area (Å²) in [7, 11) is 0. The number of rotatable bonds is 8. The number of nitro benzene ring substituents is 1. The molecule has 0 aliphatic heterocycles. The number of non-ortho nitro benzene ring substituents is 1. The number of nitrogens with one attached hydrogen (secondary N) is 1. The van der Waals surface area contributed by atoms with Gasteiger partial charge in [-0.1, -0.05) is 63.6 Å². The molecule has 8 nitrogen and oxygen atoms in total. The van der Waals surface area contributed by atoms with E-state index in [0.717, 1.165) is 10.0 Å². The van der Waals surface area contributed by atoms with E-state index in [-0.39, 0.29) is 11.6 Å². The maximum absolute atomic E-state index is 12.8. The summed E-state index contributed by atoms with van der Waals surface area (Å²) in [5.41, 5.74) is 3.50. The van der Waals surface area contributed by atoms with E-state index in [1.807, 2.05) is 42.7 Å². The molecule has 0 saturated heterocycles. The molecule has 0 spiro atoms. The van der Waals surface area contributed by atoms with E-state index in [1.54, 1.807) is 30.3 Å². The Labute approximate surface area is 215 Å². The van der Waals surface area contributed by atoms with Crippen LogP contribution in [0.2, 0.25) is 0 Å². The fourth-order valence-corrected chi connectivity index (χ4v) is 4.85. The Balaban J connectivity index is 1.65. The van der Waals surface area contributed by atoms with E-state index in [4.69, 9.17) is 0 Å². The van der Waals surface area contributed by atoms with Gasteiger partial charge in [-0.05, 0) is 49.7 Å². The fourth-order valence-electron chi connectivity index (χ4n) is 3.55. The first-order valence-corrected chi connectivity index (χ1v) is 12.5. The Morgan fingerprint density at radius 1 is 1.11 bits per heavy atom. The van der Waals surface area contributed by atoms with Crippen molar-refractivity contribution in [2.75, 3.05) is 0 Å². The zero-order valence-electron chi connectivity index (χ0n) is 19.0. The topological polar surface area (TPSA) is 103 Å². The molecule has 1 amide bonds. The smallest absolute Gasteiger partial charge is 0.269 e. The van der Waals surface area contributed by atoms with Gasteiger partial charge in [0.2, 0.25) is 0 Å². The maximum Gasteiger partial charge on any atom is 0.269 e. The van der Waals surface area contributed by atoms with Gasteiger partial charge >= 0.3 is 0 Å². The lowest BCUT2D eigenvalue weighted by Gasteiger charge is -2.16. The lowest BCUT2D eigenvalue weighted by atomic mass is 10.2. The van der Waals surface area contributed by atoms with Gasteiger partial charge in [0.25, 0.3) is 11.6 Å². The zero-order chi connectivity index (χ0) is 24.9. The number of carbonyl (C=O) groups excluding carboxylic acids is 1. The molecule has 1 heterocycles. The van der Waals surface area contributed by atoms with Gasteiger partial charge in [0, 0.05) is 33.6 Å². The molecule has 0 fully saturated rings. The molecule has 4 rings (SSSR count). The van der Waals surface area contributed by atoms with Crippen LogP contribution in [0.5, 0.6) is 0 Å². The minimum Gasteiger partial charge on any atom is -0.342 e. The summed E-state index contributed by atoms with van der Waals surface area (Å²) in [5.74, 6) is 0.950. The van der Waals surface area contributed by atoms with Gasteiger partial charge in [-0.2, -0.15) is 0 Å². The minimum atomic E-state index is -0.475. The summed E-state index contributed by atoms with van der Waals surface area (Å²) in [6.45, 7) is 3.87. The predicted octanol–water partition coefficient (Wildman–Crippen LogP) is 6.03. The fraction of sp³-hybridized carbons (Fsp3) is 0.160. The number of aryl methyl sites for hydroxylation is 1. The van der Waals surface area contributed by atoms with Gasteiger partial charge in [-0.3, -0.25) is 19.5 Å². The van der Waals surface area contributed by atoms with Crippen molar-refractivity contribution in [3.8, 4) is 5.69 Å². The maximum atomic E-state index is 12.8. The summed E-state index contributed by atoms with van der Waals surface area (Å²) < 4.78 is 2.64. The average molecular weight is 552 g/mol. The molecule has 0 aliphatic rings. The predicted molar refractivity (Wildman–Crippen MR) is 139 cm³/mol. The van der Waals surface area contributed by atoms with E-state index in [0.29, 0.717) is 28.0 Å². The van der Waals surface area contributed by atoms with Crippen molar-refractivity contribution >= 4 is 39.3 Å². The number of hydrogen-bond donors (Lipinski definition) is 1. The van der Waals surface area contributed by atoms with Crippen LogP contribution in [0, 0.1) is 17.0 Å². The summed E-state index contributed by atoms with van der Waals surface area (Å²) in [6.07, 6.45) is 0. The number of aromatic nitrogens is 3. The Morgan fingerprint density at radius 3 is 2.54 bits per heavy atom. The largest absolute Gasteiger partial charge is 0.342 e. The van der Waals surface area contributed by atoms with Crippen molar-refractivity contribution < 1.29 is 9.72 Å². The van der Waals surface area contributed by atoms with Crippen LogP contribution in [0.1, 0.15) is 40.3 Å². The standard InChI is InChI=1S/C25H22BrN5O3S/c1-16-5-3-6-18(13-16)15-35-25-29-28-23(30(25)21-9-11-22(12-10-21)31(33)34)17(2)27-24(32)19-7-4-8-20(26)14-19/h3-14,17H,15H2,1-2H3,(H,27,32). The van der Waals surface area contributed by atoms with Crippen molar-refractivity contribution in [3.63, 3.8) is 0 Å². The quantitative estimate of drug-likeness (QED) is 0.163. The molecule has 0 radical (unpaired) electrons. The van der Waals surface area contributed by atoms with Crippen LogP contribution in [-0.4, -0.2) is 25.6 Å². The van der Waals surface area contributed by atoms with Crippen LogP contribution >= 0.6 is 27.7 Å². The van der Waals surface area contributed by atoms with Crippen molar-refractivity contribution in [3.05, 3.63) is 110 Å². The molecular formula is C25H22BrN5O3S. The highest BCUT2D eigenvalue weighted by molar-refractivity contribution is 9.10. The molecule has 0 bridgehead atoms. The second-order valence-electron chi connectivity index (χ2n) is 7.93. The molecule has 1 unspecified atom stereocenters. The highest BCUT2D eigenvalue weighted by atomic mass is 79.9. The van der Waals surface area contributed by atoms with E-state index >= 15 is 0 Å². The summed E-state index contributed by atoms with van der Waals surface area (Å²) in [5, 5.41) is 23.5. The second-order valence-corrected chi connectivity index (χ2v) is 9.79. The third-order valence-electron chi connectivity index (χ3n) is 5.25. The van der Waals surface area contributed by atoms with Crippen LogP contribution in [0.15, 0.2) is 82.4 Å². The Morgan fingerprint density at radius 2 is 1.86 bits per heavy atom. The molecular weight excluding hydrogens is 530 g/mol. The van der Waals surface area contributed by atoms with Gasteiger partial charge in [0.15, 0.2) is 11.0 Å².